The van der Waals surface area contributed by atoms with Gasteiger partial charge in [0, 0.05) is 49.3 Å². The molecule has 0 spiro atoms. The molecule has 74 heavy (non-hydrogen) atoms. The van der Waals surface area contributed by atoms with Crippen molar-refractivity contribution in [3.8, 4) is 5.75 Å². The maximum atomic E-state index is 13.6. The summed E-state index contributed by atoms with van der Waals surface area (Å²) < 4.78 is 1.44. The summed E-state index contributed by atoms with van der Waals surface area (Å²) in [6.45, 7) is 4.39. The normalized spacial score (nSPS) is 16.6. The molecule has 6 amide bonds. The molecule has 4 atom stereocenters. The Morgan fingerprint density at radius 2 is 1.57 bits per heavy atom. The molecular weight excluding hydrogens is 1010 g/mol. The Hall–Kier alpha value is -8.05. The lowest BCUT2D eigenvalue weighted by molar-refractivity contribution is -0.153. The van der Waals surface area contributed by atoms with Gasteiger partial charge in [-0.25, -0.2) is 19.3 Å². The monoisotopic (exact) mass is 1060 g/mol. The molecule has 0 saturated carbocycles. The van der Waals surface area contributed by atoms with Crippen molar-refractivity contribution in [3.63, 3.8) is 0 Å². The zero-order chi connectivity index (χ0) is 53.5. The van der Waals surface area contributed by atoms with E-state index in [9.17, 15) is 48.6 Å². The van der Waals surface area contributed by atoms with Gasteiger partial charge < -0.3 is 30.9 Å². The van der Waals surface area contributed by atoms with Gasteiger partial charge in [-0.15, -0.1) is 16.9 Å². The summed E-state index contributed by atoms with van der Waals surface area (Å²) in [4.78, 5) is 107. The molecule has 21 nitrogen and oxygen atoms in total. The van der Waals surface area contributed by atoms with Crippen molar-refractivity contribution in [2.24, 2.45) is 12.0 Å². The average molecular weight is 1060 g/mol. The van der Waals surface area contributed by atoms with E-state index in [0.29, 0.717) is 38.9 Å². The van der Waals surface area contributed by atoms with Gasteiger partial charge in [-0.3, -0.25) is 38.6 Å². The maximum Gasteiger partial charge on any atom is 0.352 e. The summed E-state index contributed by atoms with van der Waals surface area (Å²) in [5, 5.41) is 47.0. The van der Waals surface area contributed by atoms with Crippen molar-refractivity contribution in [1.29, 1.82) is 0 Å². The lowest BCUT2D eigenvalue weighted by atomic mass is 9.96. The zero-order valence-electron chi connectivity index (χ0n) is 40.1. The van der Waals surface area contributed by atoms with Crippen molar-refractivity contribution in [2.45, 2.75) is 48.8 Å². The Morgan fingerprint density at radius 3 is 2.19 bits per heavy atom. The first-order valence-electron chi connectivity index (χ1n) is 22.8. The van der Waals surface area contributed by atoms with Crippen LogP contribution >= 0.6 is 35.7 Å². The van der Waals surface area contributed by atoms with Gasteiger partial charge in [0.25, 0.3) is 5.91 Å². The number of aliphatic carboxylic acids is 2. The number of aromatic hydroxyl groups is 1. The lowest BCUT2D eigenvalue weighted by Gasteiger charge is -2.49. The summed E-state index contributed by atoms with van der Waals surface area (Å²) in [5.74, 6) is -5.88. The number of piperazine rings is 1. The van der Waals surface area contributed by atoms with Gasteiger partial charge in [-0.05, 0) is 83.4 Å². The highest BCUT2D eigenvalue weighted by molar-refractivity contribution is 8.01. The highest BCUT2D eigenvalue weighted by atomic mass is 32.2. The third-order valence-corrected chi connectivity index (χ3v) is 14.2. The zero-order valence-corrected chi connectivity index (χ0v) is 42.5. The van der Waals surface area contributed by atoms with E-state index in [4.69, 9.17) is 5.11 Å². The van der Waals surface area contributed by atoms with Gasteiger partial charge in [-0.1, -0.05) is 103 Å². The third-order valence-electron chi connectivity index (χ3n) is 11.7. The Morgan fingerprint density at radius 1 is 0.892 bits per heavy atom. The molecule has 4 aromatic carbocycles. The number of urea groups is 1. The number of thiocarbonyl (C=S) groups is 1. The second-order valence-electron chi connectivity index (χ2n) is 16.4. The number of carboxylic acid groups (broad SMARTS) is 2. The van der Waals surface area contributed by atoms with Crippen LogP contribution in [0.25, 0.3) is 0 Å². The highest BCUT2D eigenvalue weighted by Gasteiger charge is 2.54. The molecule has 3 aliphatic heterocycles. The van der Waals surface area contributed by atoms with Crippen molar-refractivity contribution in [3.05, 3.63) is 148 Å². The summed E-state index contributed by atoms with van der Waals surface area (Å²) in [6, 6.07) is 27.8. The fourth-order valence-electron chi connectivity index (χ4n) is 7.59. The van der Waals surface area contributed by atoms with Crippen molar-refractivity contribution in [1.82, 2.24) is 45.5 Å². The number of benzene rings is 4. The van der Waals surface area contributed by atoms with E-state index in [1.807, 2.05) is 24.3 Å². The Bertz CT molecular complexity index is 2970. The molecule has 0 aliphatic carbocycles. The number of imide groups is 1. The number of aromatic nitrogens is 4. The Labute approximate surface area is 438 Å². The smallest absolute Gasteiger partial charge is 0.352 e. The first kappa shape index (κ1) is 55.3. The number of tetrazole rings is 1. The van der Waals surface area contributed by atoms with E-state index in [1.54, 1.807) is 69.4 Å². The van der Waals surface area contributed by atoms with E-state index in [0.717, 1.165) is 17.9 Å². The minimum absolute atomic E-state index is 0.0823. The summed E-state index contributed by atoms with van der Waals surface area (Å²) in [5.41, 5.74) is 3.57. The fraction of sp³-hybridized carbons (Fsp3) is 0.280. The van der Waals surface area contributed by atoms with Gasteiger partial charge in [0.15, 0.2) is 5.78 Å². The van der Waals surface area contributed by atoms with Crippen LogP contribution in [0.3, 0.4) is 0 Å². The number of hydrogen-bond donors (Lipinski definition) is 5. The number of aliphatic imine (C=N–C) groups is 1. The summed E-state index contributed by atoms with van der Waals surface area (Å²) >= 11 is 6.94. The number of ketones is 1. The van der Waals surface area contributed by atoms with Crippen LogP contribution in [-0.2, 0) is 42.2 Å². The molecule has 5 aromatic rings. The molecule has 2 saturated heterocycles. The summed E-state index contributed by atoms with van der Waals surface area (Å²) in [6.07, 6.45) is 0.949. The van der Waals surface area contributed by atoms with Crippen LogP contribution < -0.4 is 10.6 Å². The molecule has 5 N–H and O–H groups in total. The lowest BCUT2D eigenvalue weighted by Crippen LogP contribution is -2.71. The fourth-order valence-corrected chi connectivity index (χ4v) is 10.0. The number of nitrogens with one attached hydrogen (secondary N) is 2. The molecular formula is C50H50N10O11S3. The number of carbonyl (C=O) groups excluding carboxylic acids is 6. The van der Waals surface area contributed by atoms with Crippen LogP contribution in [-0.4, -0.2) is 152 Å². The number of isothiocyanates is 1. The standard InChI is InChI=1S/C25H27N9O8S2.C16H14O3.C9H9NS/c1-3-32-8-9-33(21(39)20(32)38)24(42)27-15(12-4-6-14(35)7-5-12)18(36)26-16-19(37)34-17(23(40)41)13(10-43-22(16)34)11-44-25-28-29-30-31(25)2;1-11(16(18)19)13-8-5-9-14(10-13)15(17)12-6-3-2-4-7-12;11-8-10-7-6-9-4-2-1-3-5-9/h4-7,15-16,22,35H,3,8-11H2,1-2H3,(H,26,36)(H,27,42)(H,40,41);2-11H,1H3,(H,18,19);1-5H,6-7H2/t15-,16-,22-;;/m1../s1. The molecule has 1 aromatic heterocycles. The van der Waals surface area contributed by atoms with Gasteiger partial charge in [0.05, 0.1) is 17.6 Å². The van der Waals surface area contributed by atoms with E-state index < -0.39 is 65.0 Å². The molecule has 384 valence electrons. The van der Waals surface area contributed by atoms with Gasteiger partial charge >= 0.3 is 29.8 Å². The number of aryl methyl sites for hydroxylation is 1. The molecule has 4 heterocycles. The number of fused-ring (bicyclic) bond motifs is 1. The number of thioether (sulfide) groups is 2. The van der Waals surface area contributed by atoms with Crippen LogP contribution in [0.2, 0.25) is 0 Å². The molecule has 3 aliphatic rings. The molecule has 1 unspecified atom stereocenters. The second kappa shape index (κ2) is 26.1. The van der Waals surface area contributed by atoms with Crippen LogP contribution in [0.1, 0.15) is 58.4 Å². The molecule has 8 rings (SSSR count). The number of phenolic OH excluding ortho intramolecular Hbond substituents is 1. The van der Waals surface area contributed by atoms with Crippen molar-refractivity contribution < 1.29 is 53.7 Å². The van der Waals surface area contributed by atoms with Gasteiger partial charge in [0.2, 0.25) is 11.1 Å². The van der Waals surface area contributed by atoms with Gasteiger partial charge in [0.1, 0.15) is 28.9 Å². The largest absolute Gasteiger partial charge is 0.508 e. The quantitative estimate of drug-likeness (QED) is 0.0230. The Balaban J connectivity index is 0.000000241. The minimum atomic E-state index is -1.42. The van der Waals surface area contributed by atoms with E-state index in [2.05, 4.69) is 60.7 Å². The van der Waals surface area contributed by atoms with Crippen LogP contribution in [0.4, 0.5) is 4.79 Å². The molecule has 24 heteroatoms. The van der Waals surface area contributed by atoms with Crippen molar-refractivity contribution >= 4 is 88.3 Å². The van der Waals surface area contributed by atoms with E-state index >= 15 is 0 Å². The summed E-state index contributed by atoms with van der Waals surface area (Å²) in [7, 11) is 1.64. The molecule has 0 bridgehead atoms. The minimum Gasteiger partial charge on any atom is -0.508 e. The van der Waals surface area contributed by atoms with Gasteiger partial charge in [-0.2, -0.15) is 0 Å². The van der Waals surface area contributed by atoms with Crippen LogP contribution in [0, 0.1) is 0 Å². The predicted octanol–water partition coefficient (Wildman–Crippen LogP) is 4.33. The number of hydrogen-bond acceptors (Lipinski definition) is 16. The van der Waals surface area contributed by atoms with E-state index in [-0.39, 0.29) is 47.4 Å². The number of likely N-dealkylation sites (N-methyl/N-ethyl adjacent to an activating group) is 1. The molecule has 2 fully saturated rings. The maximum absolute atomic E-state index is 13.6. The number of phenols is 1. The first-order chi connectivity index (χ1) is 35.5. The predicted molar refractivity (Wildman–Crippen MR) is 275 cm³/mol. The van der Waals surface area contributed by atoms with Crippen molar-refractivity contribution in [2.75, 3.05) is 37.7 Å². The number of rotatable bonds is 16. The number of amides is 6. The van der Waals surface area contributed by atoms with Crippen LogP contribution in [0.5, 0.6) is 5.75 Å². The number of β-lactam (4-membered cyclic amide) rings is 1. The second-order valence-corrected chi connectivity index (χ2v) is 18.7. The topological polar surface area (TPSA) is 287 Å². The Kier molecular flexibility index (Phi) is 19.5. The first-order valence-corrected chi connectivity index (χ1v) is 25.2. The SMILES string of the molecule is CC(C(=O)O)c1cccc(C(=O)c2ccccc2)c1.CCN1CCN(C(=O)N[C@@H](C(=O)N[C@@H]2C(=O)N3C(C(=O)O)=C(CSc4nnnn4C)CS[C@H]23)c2ccc(O)cc2)C(=O)C1=O.S=C=NCCc1ccccc1. The number of nitrogens with zero attached hydrogens (tertiary/aromatic N) is 8. The number of carbonyl (C=O) groups is 8. The third kappa shape index (κ3) is 13.7. The number of carboxylic acids is 2. The highest BCUT2D eigenvalue weighted by Crippen LogP contribution is 2.41. The van der Waals surface area contributed by atoms with E-state index in [1.165, 1.54) is 62.9 Å². The molecule has 0 radical (unpaired) electrons. The van der Waals surface area contributed by atoms with Crippen LogP contribution in [0.15, 0.2) is 131 Å². The average Bonchev–Trinajstić information content (AvgIpc) is 3.83.